The van der Waals surface area contributed by atoms with E-state index in [0.717, 1.165) is 17.9 Å². The van der Waals surface area contributed by atoms with E-state index in [0.29, 0.717) is 23.1 Å². The predicted octanol–water partition coefficient (Wildman–Crippen LogP) is 3.03. The number of hydrogen-bond acceptors (Lipinski definition) is 4. The van der Waals surface area contributed by atoms with E-state index < -0.39 is 0 Å². The van der Waals surface area contributed by atoms with Crippen LogP contribution < -0.4 is 11.1 Å². The smallest absolute Gasteiger partial charge is 0.134 e. The summed E-state index contributed by atoms with van der Waals surface area (Å²) in [6.07, 6.45) is 4.17. The summed E-state index contributed by atoms with van der Waals surface area (Å²) in [5, 5.41) is 3.49. The highest BCUT2D eigenvalue weighted by atomic mass is 15.0. The summed E-state index contributed by atoms with van der Waals surface area (Å²) in [6, 6.07) is 0. The van der Waals surface area contributed by atoms with Gasteiger partial charge in [0, 0.05) is 12.1 Å². The summed E-state index contributed by atoms with van der Waals surface area (Å²) in [7, 11) is 0. The largest absolute Gasteiger partial charge is 0.383 e. The molecule has 0 atom stereocenters. The molecule has 1 heterocycles. The molecule has 0 aliphatic heterocycles. The summed E-state index contributed by atoms with van der Waals surface area (Å²) in [6.45, 7) is 9.82. The van der Waals surface area contributed by atoms with Gasteiger partial charge in [0.25, 0.3) is 0 Å². The number of hydrogen-bond donors (Lipinski definition) is 2. The molecular formula is C14H24N4. The van der Waals surface area contributed by atoms with Crippen LogP contribution in [0, 0.1) is 11.3 Å². The zero-order valence-corrected chi connectivity index (χ0v) is 11.8. The number of aromatic nitrogens is 2. The van der Waals surface area contributed by atoms with Crippen LogP contribution in [0.25, 0.3) is 0 Å². The SMILES string of the molecule is CC(C)c1c(N)ncnc1NCC1(C(C)C)CC1. The molecule has 1 aromatic heterocycles. The van der Waals surface area contributed by atoms with Gasteiger partial charge in [0.2, 0.25) is 0 Å². The van der Waals surface area contributed by atoms with Crippen molar-refractivity contribution in [2.45, 2.75) is 46.5 Å². The molecule has 100 valence electrons. The fourth-order valence-corrected chi connectivity index (χ4v) is 2.50. The molecular weight excluding hydrogens is 224 g/mol. The molecule has 0 bridgehead atoms. The van der Waals surface area contributed by atoms with Crippen LogP contribution in [0.4, 0.5) is 11.6 Å². The summed E-state index contributed by atoms with van der Waals surface area (Å²) in [5.41, 5.74) is 7.45. The summed E-state index contributed by atoms with van der Waals surface area (Å²) >= 11 is 0. The van der Waals surface area contributed by atoms with Gasteiger partial charge >= 0.3 is 0 Å². The molecule has 0 aromatic carbocycles. The van der Waals surface area contributed by atoms with Crippen molar-refractivity contribution in [3.8, 4) is 0 Å². The first-order chi connectivity index (χ1) is 8.46. The Labute approximate surface area is 109 Å². The predicted molar refractivity (Wildman–Crippen MR) is 75.5 cm³/mol. The van der Waals surface area contributed by atoms with Gasteiger partial charge in [-0.15, -0.1) is 0 Å². The van der Waals surface area contributed by atoms with Crippen LogP contribution in [0.1, 0.15) is 52.0 Å². The van der Waals surface area contributed by atoms with Crippen molar-refractivity contribution in [3.63, 3.8) is 0 Å². The maximum absolute atomic E-state index is 5.95. The van der Waals surface area contributed by atoms with Gasteiger partial charge in [-0.1, -0.05) is 27.7 Å². The van der Waals surface area contributed by atoms with E-state index in [4.69, 9.17) is 5.73 Å². The van der Waals surface area contributed by atoms with Crippen LogP contribution in [0.2, 0.25) is 0 Å². The van der Waals surface area contributed by atoms with E-state index in [9.17, 15) is 0 Å². The van der Waals surface area contributed by atoms with Gasteiger partial charge in [0.1, 0.15) is 18.0 Å². The molecule has 1 saturated carbocycles. The van der Waals surface area contributed by atoms with Gasteiger partial charge in [0.15, 0.2) is 0 Å². The fourth-order valence-electron chi connectivity index (χ4n) is 2.50. The highest BCUT2D eigenvalue weighted by molar-refractivity contribution is 5.56. The van der Waals surface area contributed by atoms with Gasteiger partial charge in [-0.2, -0.15) is 0 Å². The Morgan fingerprint density at radius 3 is 2.44 bits per heavy atom. The average molecular weight is 248 g/mol. The Morgan fingerprint density at radius 1 is 1.28 bits per heavy atom. The normalized spacial score (nSPS) is 17.2. The monoisotopic (exact) mass is 248 g/mol. The zero-order chi connectivity index (χ0) is 13.3. The molecule has 0 unspecified atom stereocenters. The Balaban J connectivity index is 2.12. The molecule has 0 saturated heterocycles. The Bertz CT molecular complexity index is 422. The lowest BCUT2D eigenvalue weighted by atomic mass is 9.92. The van der Waals surface area contributed by atoms with E-state index in [1.54, 1.807) is 6.33 Å². The second-order valence-electron chi connectivity index (χ2n) is 6.05. The number of anilines is 2. The number of nitrogen functional groups attached to an aromatic ring is 1. The van der Waals surface area contributed by atoms with Gasteiger partial charge < -0.3 is 11.1 Å². The molecule has 1 aliphatic carbocycles. The summed E-state index contributed by atoms with van der Waals surface area (Å²) < 4.78 is 0. The number of nitrogens with one attached hydrogen (secondary N) is 1. The average Bonchev–Trinajstić information content (AvgIpc) is 3.06. The molecule has 1 fully saturated rings. The first-order valence-electron chi connectivity index (χ1n) is 6.80. The van der Waals surface area contributed by atoms with Gasteiger partial charge in [0.05, 0.1) is 0 Å². The third-order valence-electron chi connectivity index (χ3n) is 4.22. The van der Waals surface area contributed by atoms with Crippen molar-refractivity contribution in [1.82, 2.24) is 9.97 Å². The van der Waals surface area contributed by atoms with E-state index in [1.165, 1.54) is 12.8 Å². The van der Waals surface area contributed by atoms with E-state index >= 15 is 0 Å². The van der Waals surface area contributed by atoms with Crippen LogP contribution in [-0.4, -0.2) is 16.5 Å². The van der Waals surface area contributed by atoms with Crippen LogP contribution in [0.3, 0.4) is 0 Å². The minimum Gasteiger partial charge on any atom is -0.383 e. The highest BCUT2D eigenvalue weighted by Crippen LogP contribution is 2.51. The molecule has 0 spiro atoms. The summed E-state index contributed by atoms with van der Waals surface area (Å²) in [5.74, 6) is 2.55. The molecule has 2 rings (SSSR count). The maximum Gasteiger partial charge on any atom is 0.134 e. The topological polar surface area (TPSA) is 63.8 Å². The zero-order valence-electron chi connectivity index (χ0n) is 11.8. The highest BCUT2D eigenvalue weighted by Gasteiger charge is 2.45. The van der Waals surface area contributed by atoms with E-state index in [1.807, 2.05) is 0 Å². The van der Waals surface area contributed by atoms with Crippen LogP contribution in [-0.2, 0) is 0 Å². The lowest BCUT2D eigenvalue weighted by Gasteiger charge is -2.22. The Morgan fingerprint density at radius 2 is 1.94 bits per heavy atom. The molecule has 18 heavy (non-hydrogen) atoms. The lowest BCUT2D eigenvalue weighted by Crippen LogP contribution is -2.22. The molecule has 4 heteroatoms. The van der Waals surface area contributed by atoms with Crippen LogP contribution in [0.15, 0.2) is 6.33 Å². The second-order valence-corrected chi connectivity index (χ2v) is 6.05. The summed E-state index contributed by atoms with van der Waals surface area (Å²) in [4.78, 5) is 8.43. The fraction of sp³-hybridized carbons (Fsp3) is 0.714. The quantitative estimate of drug-likeness (QED) is 0.840. The van der Waals surface area contributed by atoms with E-state index in [-0.39, 0.29) is 0 Å². The van der Waals surface area contributed by atoms with Crippen molar-refractivity contribution in [2.75, 3.05) is 17.6 Å². The first-order valence-corrected chi connectivity index (χ1v) is 6.80. The van der Waals surface area contributed by atoms with Crippen molar-refractivity contribution < 1.29 is 0 Å². The Hall–Kier alpha value is -1.32. The van der Waals surface area contributed by atoms with Gasteiger partial charge in [-0.3, -0.25) is 0 Å². The third-order valence-corrected chi connectivity index (χ3v) is 4.22. The van der Waals surface area contributed by atoms with Crippen molar-refractivity contribution in [1.29, 1.82) is 0 Å². The first kappa shape index (κ1) is 13.1. The number of rotatable bonds is 5. The van der Waals surface area contributed by atoms with Crippen LogP contribution >= 0.6 is 0 Å². The molecule has 3 N–H and O–H groups in total. The molecule has 1 aromatic rings. The minimum atomic E-state index is 0.336. The number of nitrogens with two attached hydrogens (primary N) is 1. The molecule has 1 aliphatic rings. The third kappa shape index (κ3) is 2.42. The van der Waals surface area contributed by atoms with Crippen molar-refractivity contribution in [2.24, 2.45) is 11.3 Å². The standard InChI is InChI=1S/C14H24N4/c1-9(2)11-12(15)17-8-18-13(11)16-7-14(5-6-14)10(3)4/h8-10H,5-7H2,1-4H3,(H3,15,16,17,18). The second kappa shape index (κ2) is 4.75. The van der Waals surface area contributed by atoms with Gasteiger partial charge in [-0.05, 0) is 30.1 Å². The maximum atomic E-state index is 5.95. The van der Waals surface area contributed by atoms with Gasteiger partial charge in [-0.25, -0.2) is 9.97 Å². The van der Waals surface area contributed by atoms with E-state index in [2.05, 4.69) is 43.0 Å². The Kier molecular flexibility index (Phi) is 3.46. The van der Waals surface area contributed by atoms with Crippen molar-refractivity contribution in [3.05, 3.63) is 11.9 Å². The number of nitrogens with zero attached hydrogens (tertiary/aromatic N) is 2. The van der Waals surface area contributed by atoms with Crippen LogP contribution in [0.5, 0.6) is 0 Å². The molecule has 0 radical (unpaired) electrons. The molecule has 4 nitrogen and oxygen atoms in total. The van der Waals surface area contributed by atoms with Crippen molar-refractivity contribution >= 4 is 11.6 Å². The lowest BCUT2D eigenvalue weighted by molar-refractivity contribution is 0.379. The minimum absolute atomic E-state index is 0.336. The molecule has 0 amide bonds.